The first-order chi connectivity index (χ1) is 12.6. The summed E-state index contributed by atoms with van der Waals surface area (Å²) in [5.41, 5.74) is 6.20. The van der Waals surface area contributed by atoms with Crippen molar-refractivity contribution < 1.29 is 9.35 Å². The minimum atomic E-state index is -1.19. The molecule has 0 aromatic heterocycles. The SMILES string of the molecule is Cc1cc(NC(=O)c2ccc(N[S+]([O-])C(C)(C)C)cc2)cc2c1C(C)CC2. The second kappa shape index (κ2) is 7.56. The molecule has 0 bridgehead atoms. The summed E-state index contributed by atoms with van der Waals surface area (Å²) in [5.74, 6) is 0.465. The highest BCUT2D eigenvalue weighted by Gasteiger charge is 2.26. The Hall–Kier alpha value is -1.98. The lowest BCUT2D eigenvalue weighted by Gasteiger charge is -2.23. The summed E-state index contributed by atoms with van der Waals surface area (Å²) in [7, 11) is 0. The third-order valence-electron chi connectivity index (χ3n) is 4.98. The lowest BCUT2D eigenvalue weighted by atomic mass is 9.97. The highest BCUT2D eigenvalue weighted by Crippen LogP contribution is 2.37. The molecular formula is C22H28N2O2S. The van der Waals surface area contributed by atoms with E-state index in [1.807, 2.05) is 20.8 Å². The summed E-state index contributed by atoms with van der Waals surface area (Å²) in [6.07, 6.45) is 2.25. The molecule has 144 valence electrons. The predicted molar refractivity (Wildman–Crippen MR) is 114 cm³/mol. The van der Waals surface area contributed by atoms with Crippen LogP contribution in [0.15, 0.2) is 36.4 Å². The molecule has 2 unspecified atom stereocenters. The van der Waals surface area contributed by atoms with Gasteiger partial charge >= 0.3 is 0 Å². The van der Waals surface area contributed by atoms with Gasteiger partial charge in [-0.2, -0.15) is 0 Å². The molecule has 4 nitrogen and oxygen atoms in total. The zero-order valence-corrected chi connectivity index (χ0v) is 17.5. The number of nitrogens with one attached hydrogen (secondary N) is 2. The molecule has 2 atom stereocenters. The van der Waals surface area contributed by atoms with Gasteiger partial charge in [-0.1, -0.05) is 6.92 Å². The van der Waals surface area contributed by atoms with Gasteiger partial charge in [0.1, 0.15) is 4.75 Å². The van der Waals surface area contributed by atoms with Gasteiger partial charge in [0.15, 0.2) is 0 Å². The summed E-state index contributed by atoms with van der Waals surface area (Å²) in [5, 5.41) is 3.01. The first kappa shape index (κ1) is 19.8. The molecule has 0 saturated heterocycles. The Labute approximate surface area is 165 Å². The highest BCUT2D eigenvalue weighted by atomic mass is 32.2. The van der Waals surface area contributed by atoms with Crippen LogP contribution in [0.4, 0.5) is 11.4 Å². The van der Waals surface area contributed by atoms with Crippen molar-refractivity contribution in [2.75, 3.05) is 10.0 Å². The molecule has 5 heteroatoms. The van der Waals surface area contributed by atoms with E-state index in [0.717, 1.165) is 17.8 Å². The van der Waals surface area contributed by atoms with Crippen LogP contribution in [0, 0.1) is 6.92 Å². The van der Waals surface area contributed by atoms with Crippen LogP contribution in [0.3, 0.4) is 0 Å². The van der Waals surface area contributed by atoms with Crippen molar-refractivity contribution in [3.8, 4) is 0 Å². The van der Waals surface area contributed by atoms with Crippen molar-refractivity contribution in [2.24, 2.45) is 0 Å². The Morgan fingerprint density at radius 2 is 1.81 bits per heavy atom. The fourth-order valence-electron chi connectivity index (χ4n) is 3.52. The fourth-order valence-corrected chi connectivity index (χ4v) is 4.18. The maximum Gasteiger partial charge on any atom is 0.255 e. The average molecular weight is 385 g/mol. The number of hydrogen-bond acceptors (Lipinski definition) is 3. The summed E-state index contributed by atoms with van der Waals surface area (Å²) in [6.45, 7) is 10.1. The van der Waals surface area contributed by atoms with E-state index in [-0.39, 0.29) is 10.7 Å². The topological polar surface area (TPSA) is 64.2 Å². The third-order valence-corrected chi connectivity index (χ3v) is 6.52. The Morgan fingerprint density at radius 3 is 2.44 bits per heavy atom. The van der Waals surface area contributed by atoms with E-state index in [4.69, 9.17) is 0 Å². The molecule has 27 heavy (non-hydrogen) atoms. The molecule has 1 amide bonds. The normalized spacial score (nSPS) is 17.3. The second-order valence-electron chi connectivity index (χ2n) is 8.32. The first-order valence-corrected chi connectivity index (χ1v) is 10.5. The van der Waals surface area contributed by atoms with Gasteiger partial charge in [0.05, 0.1) is 17.0 Å². The van der Waals surface area contributed by atoms with Gasteiger partial charge in [0.25, 0.3) is 5.91 Å². The molecule has 1 aliphatic rings. The number of carbonyl (C=O) groups excluding carboxylic acids is 1. The Balaban J connectivity index is 1.69. The number of carbonyl (C=O) groups is 1. The first-order valence-electron chi connectivity index (χ1n) is 9.38. The highest BCUT2D eigenvalue weighted by molar-refractivity contribution is 7.94. The van der Waals surface area contributed by atoms with Gasteiger partial charge < -0.3 is 9.87 Å². The molecule has 0 fully saturated rings. The van der Waals surface area contributed by atoms with Gasteiger partial charge in [0.2, 0.25) is 0 Å². The zero-order valence-electron chi connectivity index (χ0n) is 16.7. The van der Waals surface area contributed by atoms with E-state index >= 15 is 0 Å². The molecular weight excluding hydrogens is 356 g/mol. The number of rotatable bonds is 4. The van der Waals surface area contributed by atoms with Gasteiger partial charge in [-0.25, -0.2) is 4.72 Å². The van der Waals surface area contributed by atoms with Crippen molar-refractivity contribution in [1.29, 1.82) is 0 Å². The van der Waals surface area contributed by atoms with Crippen molar-refractivity contribution >= 4 is 28.6 Å². The second-order valence-corrected chi connectivity index (χ2v) is 10.3. The predicted octanol–water partition coefficient (Wildman–Crippen LogP) is 5.17. The van der Waals surface area contributed by atoms with Gasteiger partial charge in [-0.15, -0.1) is 0 Å². The van der Waals surface area contributed by atoms with Gasteiger partial charge in [-0.05, 0) is 99.5 Å². The lowest BCUT2D eigenvalue weighted by Crippen LogP contribution is -2.33. The number of hydrogen-bond donors (Lipinski definition) is 2. The van der Waals surface area contributed by atoms with Crippen molar-refractivity contribution in [3.05, 3.63) is 58.7 Å². The Kier molecular flexibility index (Phi) is 5.54. The smallest absolute Gasteiger partial charge is 0.255 e. The summed E-state index contributed by atoms with van der Waals surface area (Å²) >= 11 is -1.19. The number of amides is 1. The maximum absolute atomic E-state index is 12.6. The molecule has 0 aliphatic heterocycles. The number of aryl methyl sites for hydroxylation is 2. The molecule has 2 aromatic rings. The van der Waals surface area contributed by atoms with E-state index < -0.39 is 11.4 Å². The van der Waals surface area contributed by atoms with E-state index in [0.29, 0.717) is 11.5 Å². The summed E-state index contributed by atoms with van der Waals surface area (Å²) in [6, 6.07) is 11.2. The molecule has 2 aromatic carbocycles. The third kappa shape index (κ3) is 4.47. The van der Waals surface area contributed by atoms with Crippen LogP contribution >= 0.6 is 0 Å². The van der Waals surface area contributed by atoms with Crippen LogP contribution in [0.2, 0.25) is 0 Å². The fraction of sp³-hybridized carbons (Fsp3) is 0.409. The van der Waals surface area contributed by atoms with E-state index in [9.17, 15) is 9.35 Å². The van der Waals surface area contributed by atoms with Crippen molar-refractivity contribution in [3.63, 3.8) is 0 Å². The minimum absolute atomic E-state index is 0.135. The number of anilines is 2. The van der Waals surface area contributed by atoms with Gasteiger partial charge in [0, 0.05) is 11.3 Å². The molecule has 0 heterocycles. The molecule has 1 aliphatic carbocycles. The van der Waals surface area contributed by atoms with Crippen LogP contribution in [0.25, 0.3) is 0 Å². The average Bonchev–Trinajstić information content (AvgIpc) is 2.96. The van der Waals surface area contributed by atoms with E-state index in [2.05, 4.69) is 36.0 Å². The molecule has 0 radical (unpaired) electrons. The van der Waals surface area contributed by atoms with Gasteiger partial charge in [-0.3, -0.25) is 4.79 Å². The van der Waals surface area contributed by atoms with Crippen molar-refractivity contribution in [1.82, 2.24) is 0 Å². The van der Waals surface area contributed by atoms with Crippen LogP contribution in [-0.2, 0) is 17.8 Å². The van der Waals surface area contributed by atoms with E-state index in [1.165, 1.54) is 23.1 Å². The summed E-state index contributed by atoms with van der Waals surface area (Å²) < 4.78 is 14.8. The van der Waals surface area contributed by atoms with Crippen LogP contribution in [0.5, 0.6) is 0 Å². The van der Waals surface area contributed by atoms with Crippen LogP contribution < -0.4 is 10.0 Å². The molecule has 2 N–H and O–H groups in total. The van der Waals surface area contributed by atoms with Crippen LogP contribution in [0.1, 0.15) is 67.1 Å². The standard InChI is InChI=1S/C22H28N2O2S/c1-14-6-7-17-13-19(12-15(2)20(14)17)23-21(25)16-8-10-18(11-9-16)24-27(26)22(3,4)5/h8-14,24H,6-7H2,1-5H3,(H,23,25). The molecule has 0 spiro atoms. The van der Waals surface area contributed by atoms with E-state index in [1.54, 1.807) is 24.3 Å². The minimum Gasteiger partial charge on any atom is -0.593 e. The lowest BCUT2D eigenvalue weighted by molar-refractivity contribution is 0.102. The maximum atomic E-state index is 12.6. The Morgan fingerprint density at radius 1 is 1.15 bits per heavy atom. The molecule has 0 saturated carbocycles. The monoisotopic (exact) mass is 384 g/mol. The number of fused-ring (bicyclic) bond motifs is 1. The van der Waals surface area contributed by atoms with Crippen LogP contribution in [-0.4, -0.2) is 15.2 Å². The molecule has 3 rings (SSSR count). The zero-order chi connectivity index (χ0) is 19.8. The Bertz CT molecular complexity index is 841. The quantitative estimate of drug-likeness (QED) is 0.715. The summed E-state index contributed by atoms with van der Waals surface area (Å²) in [4.78, 5) is 12.6. The number of benzene rings is 2. The largest absolute Gasteiger partial charge is 0.593 e. The van der Waals surface area contributed by atoms with Crippen molar-refractivity contribution in [2.45, 2.75) is 58.1 Å².